The monoisotopic (exact) mass is 375 g/mol. The number of benzene rings is 1. The zero-order valence-electron chi connectivity index (χ0n) is 15.2. The van der Waals surface area contributed by atoms with Gasteiger partial charge in [-0.3, -0.25) is 9.69 Å². The molecule has 2 aromatic rings. The molecule has 0 unspecified atom stereocenters. The number of nitrogens with zero attached hydrogens (tertiary/aromatic N) is 2. The summed E-state index contributed by atoms with van der Waals surface area (Å²) in [5.74, 6) is -0.580. The van der Waals surface area contributed by atoms with Gasteiger partial charge in [0.2, 0.25) is 0 Å². The van der Waals surface area contributed by atoms with E-state index >= 15 is 0 Å². The zero-order valence-corrected chi connectivity index (χ0v) is 15.2. The van der Waals surface area contributed by atoms with Crippen molar-refractivity contribution in [2.75, 3.05) is 27.3 Å². The fraction of sp³-hybridized carbons (Fsp3) is 0.389. The second kappa shape index (κ2) is 7.67. The van der Waals surface area contributed by atoms with Crippen LogP contribution in [0.2, 0.25) is 0 Å². The third kappa shape index (κ3) is 3.59. The molecule has 1 aliphatic rings. The number of aromatic nitrogens is 2. The number of aromatic amines is 1. The van der Waals surface area contributed by atoms with E-state index in [0.717, 1.165) is 30.5 Å². The second-order valence-electron chi connectivity index (χ2n) is 6.25. The number of rotatable bonds is 6. The van der Waals surface area contributed by atoms with Gasteiger partial charge < -0.3 is 19.6 Å². The van der Waals surface area contributed by atoms with Crippen LogP contribution in [0, 0.1) is 0 Å². The fourth-order valence-corrected chi connectivity index (χ4v) is 3.25. The molecule has 0 aliphatic carbocycles. The Hall–Kier alpha value is -3.07. The first kappa shape index (κ1) is 18.7. The van der Waals surface area contributed by atoms with Crippen LogP contribution in [0.1, 0.15) is 28.9 Å². The largest absolute Gasteiger partial charge is 0.497 e. The average molecular weight is 375 g/mol. The summed E-state index contributed by atoms with van der Waals surface area (Å²) in [6, 6.07) is 4.66. The molecule has 1 aromatic carbocycles. The molecular weight excluding hydrogens is 354 g/mol. The van der Waals surface area contributed by atoms with Crippen molar-refractivity contribution in [3.63, 3.8) is 0 Å². The molecule has 0 saturated carbocycles. The van der Waals surface area contributed by atoms with Crippen LogP contribution in [0.25, 0.3) is 5.69 Å². The standard InChI is InChI=1S/C18H21N3O6/c1-26-11-5-6-13(14(9-11)27-2)21-16(22)12(10-20-7-3-4-8-20)15(17(23)24)19-18(21)25/h5-6,9H,3-4,7-8,10H2,1-2H3,(H,19,25)(H,23,24). The molecule has 2 heterocycles. The summed E-state index contributed by atoms with van der Waals surface area (Å²) in [4.78, 5) is 41.5. The second-order valence-corrected chi connectivity index (χ2v) is 6.25. The van der Waals surface area contributed by atoms with Gasteiger partial charge in [-0.05, 0) is 38.1 Å². The molecule has 9 heteroatoms. The first-order chi connectivity index (χ1) is 13.0. The first-order valence-electron chi connectivity index (χ1n) is 8.52. The predicted molar refractivity (Wildman–Crippen MR) is 97.2 cm³/mol. The number of hydrogen-bond acceptors (Lipinski definition) is 6. The molecule has 1 aromatic heterocycles. The van der Waals surface area contributed by atoms with E-state index in [2.05, 4.69) is 4.98 Å². The summed E-state index contributed by atoms with van der Waals surface area (Å²) in [5.41, 5.74) is -1.63. The molecule has 2 N–H and O–H groups in total. The molecule has 27 heavy (non-hydrogen) atoms. The number of carbonyl (C=O) groups is 1. The lowest BCUT2D eigenvalue weighted by molar-refractivity contribution is 0.0687. The molecule has 1 saturated heterocycles. The summed E-state index contributed by atoms with van der Waals surface area (Å²) in [7, 11) is 2.90. The van der Waals surface area contributed by atoms with Crippen molar-refractivity contribution in [1.29, 1.82) is 0 Å². The topological polar surface area (TPSA) is 114 Å². The molecule has 1 fully saturated rings. The highest BCUT2D eigenvalue weighted by atomic mass is 16.5. The Bertz CT molecular complexity index is 972. The Morgan fingerprint density at radius 1 is 1.19 bits per heavy atom. The number of H-pyrrole nitrogens is 1. The van der Waals surface area contributed by atoms with E-state index in [-0.39, 0.29) is 29.2 Å². The number of ether oxygens (including phenoxy) is 2. The highest BCUT2D eigenvalue weighted by Crippen LogP contribution is 2.26. The van der Waals surface area contributed by atoms with Crippen molar-refractivity contribution in [2.45, 2.75) is 19.4 Å². The normalized spacial score (nSPS) is 14.3. The Morgan fingerprint density at radius 3 is 2.48 bits per heavy atom. The minimum Gasteiger partial charge on any atom is -0.497 e. The molecule has 9 nitrogen and oxygen atoms in total. The van der Waals surface area contributed by atoms with Crippen molar-refractivity contribution in [2.24, 2.45) is 0 Å². The lowest BCUT2D eigenvalue weighted by Crippen LogP contribution is -2.40. The maximum atomic E-state index is 13.1. The van der Waals surface area contributed by atoms with E-state index in [0.29, 0.717) is 5.75 Å². The number of hydrogen-bond donors (Lipinski definition) is 2. The van der Waals surface area contributed by atoms with Crippen molar-refractivity contribution < 1.29 is 19.4 Å². The maximum absolute atomic E-state index is 13.1. The highest BCUT2D eigenvalue weighted by molar-refractivity contribution is 5.86. The van der Waals surface area contributed by atoms with Gasteiger partial charge >= 0.3 is 11.7 Å². The molecule has 0 radical (unpaired) electrons. The van der Waals surface area contributed by atoms with E-state index in [1.54, 1.807) is 12.1 Å². The minimum absolute atomic E-state index is 0.0434. The third-order valence-electron chi connectivity index (χ3n) is 4.62. The SMILES string of the molecule is COc1ccc(-n2c(=O)[nH]c(C(=O)O)c(CN3CCCC3)c2=O)c(OC)c1. The molecule has 0 amide bonds. The zero-order chi connectivity index (χ0) is 19.6. The first-order valence-corrected chi connectivity index (χ1v) is 8.52. The fourth-order valence-electron chi connectivity index (χ4n) is 3.25. The van der Waals surface area contributed by atoms with Gasteiger partial charge in [-0.15, -0.1) is 0 Å². The summed E-state index contributed by atoms with van der Waals surface area (Å²) in [5, 5.41) is 9.44. The summed E-state index contributed by atoms with van der Waals surface area (Å²) < 4.78 is 11.3. The van der Waals surface area contributed by atoms with Crippen LogP contribution in [0.15, 0.2) is 27.8 Å². The van der Waals surface area contributed by atoms with Crippen molar-refractivity contribution >= 4 is 5.97 Å². The van der Waals surface area contributed by atoms with Crippen molar-refractivity contribution in [3.05, 3.63) is 50.3 Å². The number of carboxylic acids is 1. The lowest BCUT2D eigenvalue weighted by atomic mass is 10.2. The van der Waals surface area contributed by atoms with E-state index in [4.69, 9.17) is 9.47 Å². The van der Waals surface area contributed by atoms with Crippen LogP contribution in [-0.2, 0) is 6.54 Å². The van der Waals surface area contributed by atoms with Gasteiger partial charge in [-0.2, -0.15) is 0 Å². The highest BCUT2D eigenvalue weighted by Gasteiger charge is 2.24. The Labute approximate surface area is 154 Å². The predicted octanol–water partition coefficient (Wildman–Crippen LogP) is 0.837. The van der Waals surface area contributed by atoms with Gasteiger partial charge in [0.15, 0.2) is 0 Å². The number of methoxy groups -OCH3 is 2. The number of aromatic carboxylic acids is 1. The van der Waals surface area contributed by atoms with Crippen LogP contribution in [0.5, 0.6) is 11.5 Å². The van der Waals surface area contributed by atoms with E-state index in [1.807, 2.05) is 4.90 Å². The van der Waals surface area contributed by atoms with Gasteiger partial charge in [-0.1, -0.05) is 0 Å². The van der Waals surface area contributed by atoms with Crippen LogP contribution in [-0.4, -0.2) is 52.8 Å². The molecule has 0 atom stereocenters. The lowest BCUT2D eigenvalue weighted by Gasteiger charge is -2.17. The average Bonchev–Trinajstić information content (AvgIpc) is 3.17. The maximum Gasteiger partial charge on any atom is 0.352 e. The van der Waals surface area contributed by atoms with E-state index in [9.17, 15) is 19.5 Å². The summed E-state index contributed by atoms with van der Waals surface area (Å²) in [6.45, 7) is 1.72. The minimum atomic E-state index is -1.34. The Morgan fingerprint density at radius 2 is 1.89 bits per heavy atom. The van der Waals surface area contributed by atoms with E-state index < -0.39 is 17.2 Å². The van der Waals surface area contributed by atoms with E-state index in [1.165, 1.54) is 20.3 Å². The molecular formula is C18H21N3O6. The Balaban J connectivity index is 2.21. The Kier molecular flexibility index (Phi) is 5.31. The van der Waals surface area contributed by atoms with Crippen LogP contribution in [0.3, 0.4) is 0 Å². The number of carboxylic acid groups (broad SMARTS) is 1. The van der Waals surface area contributed by atoms with Gasteiger partial charge in [0.1, 0.15) is 17.2 Å². The quantitative estimate of drug-likeness (QED) is 0.769. The smallest absolute Gasteiger partial charge is 0.352 e. The number of likely N-dealkylation sites (tertiary alicyclic amines) is 1. The van der Waals surface area contributed by atoms with Crippen molar-refractivity contribution in [1.82, 2.24) is 14.5 Å². The van der Waals surface area contributed by atoms with Crippen LogP contribution >= 0.6 is 0 Å². The molecule has 144 valence electrons. The molecule has 0 spiro atoms. The van der Waals surface area contributed by atoms with Crippen molar-refractivity contribution in [3.8, 4) is 17.2 Å². The molecule has 0 bridgehead atoms. The summed E-state index contributed by atoms with van der Waals surface area (Å²) in [6.07, 6.45) is 1.98. The van der Waals surface area contributed by atoms with Gasteiger partial charge in [-0.25, -0.2) is 14.2 Å². The van der Waals surface area contributed by atoms with Gasteiger partial charge in [0.25, 0.3) is 5.56 Å². The third-order valence-corrected chi connectivity index (χ3v) is 4.62. The van der Waals surface area contributed by atoms with Gasteiger partial charge in [0, 0.05) is 12.6 Å². The number of nitrogens with one attached hydrogen (secondary N) is 1. The molecule has 3 rings (SSSR count). The van der Waals surface area contributed by atoms with Crippen LogP contribution < -0.4 is 20.7 Å². The van der Waals surface area contributed by atoms with Crippen LogP contribution in [0.4, 0.5) is 0 Å². The van der Waals surface area contributed by atoms with Gasteiger partial charge in [0.05, 0.1) is 25.5 Å². The summed E-state index contributed by atoms with van der Waals surface area (Å²) >= 11 is 0. The molecule has 1 aliphatic heterocycles.